The predicted octanol–water partition coefficient (Wildman–Crippen LogP) is 4.41. The molecule has 0 bridgehead atoms. The first kappa shape index (κ1) is 21.5. The lowest BCUT2D eigenvalue weighted by Gasteiger charge is -2.11. The number of hydrogen-bond donors (Lipinski definition) is 0. The number of benzene rings is 3. The molecule has 0 aliphatic rings. The average Bonchev–Trinajstić information content (AvgIpc) is 2.77. The van der Waals surface area contributed by atoms with Gasteiger partial charge in [0.25, 0.3) is 0 Å². The van der Waals surface area contributed by atoms with Gasteiger partial charge in [0.15, 0.2) is 5.78 Å². The normalized spacial score (nSPS) is 11.7. The van der Waals surface area contributed by atoms with Crippen LogP contribution in [0.3, 0.4) is 0 Å². The predicted molar refractivity (Wildman–Crippen MR) is 118 cm³/mol. The van der Waals surface area contributed by atoms with E-state index in [9.17, 15) is 13.2 Å². The van der Waals surface area contributed by atoms with Crippen molar-refractivity contribution in [3.8, 4) is 5.75 Å². The highest BCUT2D eigenvalue weighted by molar-refractivity contribution is 7.89. The fourth-order valence-electron chi connectivity index (χ4n) is 2.77. The molecule has 0 saturated heterocycles. The van der Waals surface area contributed by atoms with E-state index in [-0.39, 0.29) is 10.7 Å². The number of ether oxygens (including phenoxy) is 1. The third kappa shape index (κ3) is 5.23. The molecule has 0 fully saturated rings. The SMILES string of the molecule is CN(C)S(=O)(=O)c1cccc(C(=O)/C=C/c2ccccc2OCc2ccccc2)c1. The minimum Gasteiger partial charge on any atom is -0.488 e. The van der Waals surface area contributed by atoms with E-state index in [2.05, 4.69) is 0 Å². The zero-order valence-corrected chi connectivity index (χ0v) is 17.7. The number of ketones is 1. The monoisotopic (exact) mass is 421 g/mol. The van der Waals surface area contributed by atoms with Crippen LogP contribution in [0.4, 0.5) is 0 Å². The van der Waals surface area contributed by atoms with E-state index in [1.807, 2.05) is 54.6 Å². The molecule has 3 aromatic carbocycles. The van der Waals surface area contributed by atoms with Crippen LogP contribution in [0.25, 0.3) is 6.08 Å². The summed E-state index contributed by atoms with van der Waals surface area (Å²) in [7, 11) is -0.694. The van der Waals surface area contributed by atoms with Gasteiger partial charge in [0.2, 0.25) is 10.0 Å². The van der Waals surface area contributed by atoms with E-state index in [0.29, 0.717) is 17.9 Å². The minimum atomic E-state index is -3.60. The van der Waals surface area contributed by atoms with E-state index in [4.69, 9.17) is 4.74 Å². The van der Waals surface area contributed by atoms with Crippen molar-refractivity contribution >= 4 is 21.9 Å². The van der Waals surface area contributed by atoms with Crippen molar-refractivity contribution < 1.29 is 17.9 Å². The lowest BCUT2D eigenvalue weighted by Crippen LogP contribution is -2.22. The van der Waals surface area contributed by atoms with Crippen LogP contribution in [-0.4, -0.2) is 32.6 Å². The number of carbonyl (C=O) groups excluding carboxylic acids is 1. The summed E-state index contributed by atoms with van der Waals surface area (Å²) in [5.74, 6) is 0.373. The molecule has 0 aliphatic carbocycles. The Hall–Kier alpha value is -3.22. The van der Waals surface area contributed by atoms with E-state index in [1.54, 1.807) is 18.2 Å². The van der Waals surface area contributed by atoms with Gasteiger partial charge in [-0.1, -0.05) is 60.7 Å². The summed E-state index contributed by atoms with van der Waals surface area (Å²) in [5, 5.41) is 0. The Labute approximate surface area is 177 Å². The van der Waals surface area contributed by atoms with Crippen LogP contribution in [0.1, 0.15) is 21.5 Å². The maximum atomic E-state index is 12.6. The fraction of sp³-hybridized carbons (Fsp3) is 0.125. The molecule has 0 saturated carbocycles. The number of para-hydroxylation sites is 1. The van der Waals surface area contributed by atoms with Crippen molar-refractivity contribution in [2.24, 2.45) is 0 Å². The molecule has 154 valence electrons. The van der Waals surface area contributed by atoms with Gasteiger partial charge in [0.1, 0.15) is 12.4 Å². The van der Waals surface area contributed by atoms with Crippen molar-refractivity contribution in [2.75, 3.05) is 14.1 Å². The topological polar surface area (TPSA) is 63.7 Å². The molecule has 0 aromatic heterocycles. The van der Waals surface area contributed by atoms with Gasteiger partial charge in [0.05, 0.1) is 4.90 Å². The first-order valence-electron chi connectivity index (χ1n) is 9.39. The minimum absolute atomic E-state index is 0.0818. The first-order valence-corrected chi connectivity index (χ1v) is 10.8. The standard InChI is InChI=1S/C24H23NO4S/c1-25(2)30(27,28)22-13-8-12-21(17-22)23(26)16-15-20-11-6-7-14-24(20)29-18-19-9-4-3-5-10-19/h3-17H,18H2,1-2H3/b16-15+. The van der Waals surface area contributed by atoms with Gasteiger partial charge in [-0.2, -0.15) is 0 Å². The Morgan fingerprint density at radius 2 is 1.63 bits per heavy atom. The largest absolute Gasteiger partial charge is 0.488 e. The highest BCUT2D eigenvalue weighted by atomic mass is 32.2. The van der Waals surface area contributed by atoms with Crippen LogP contribution in [0.5, 0.6) is 5.75 Å². The summed E-state index contributed by atoms with van der Waals surface area (Å²) in [4.78, 5) is 12.7. The number of rotatable bonds is 8. The van der Waals surface area contributed by atoms with Gasteiger partial charge in [-0.3, -0.25) is 4.79 Å². The van der Waals surface area contributed by atoms with E-state index in [1.165, 1.54) is 32.3 Å². The van der Waals surface area contributed by atoms with E-state index in [0.717, 1.165) is 15.4 Å². The summed E-state index contributed by atoms with van der Waals surface area (Å²) >= 11 is 0. The second-order valence-corrected chi connectivity index (χ2v) is 8.98. The zero-order valence-electron chi connectivity index (χ0n) is 16.9. The van der Waals surface area contributed by atoms with E-state index >= 15 is 0 Å². The Morgan fingerprint density at radius 1 is 0.933 bits per heavy atom. The molecular weight excluding hydrogens is 398 g/mol. The Bertz CT molecular complexity index is 1150. The average molecular weight is 422 g/mol. The third-order valence-electron chi connectivity index (χ3n) is 4.47. The maximum absolute atomic E-state index is 12.6. The van der Waals surface area contributed by atoms with Gasteiger partial charge in [-0.25, -0.2) is 12.7 Å². The smallest absolute Gasteiger partial charge is 0.242 e. The van der Waals surface area contributed by atoms with Gasteiger partial charge < -0.3 is 4.74 Å². The molecule has 3 rings (SSSR count). The van der Waals surface area contributed by atoms with Crippen LogP contribution in [0.2, 0.25) is 0 Å². The fourth-order valence-corrected chi connectivity index (χ4v) is 3.72. The van der Waals surface area contributed by atoms with Crippen LogP contribution in [0, 0.1) is 0 Å². The lowest BCUT2D eigenvalue weighted by molar-refractivity contribution is 0.104. The highest BCUT2D eigenvalue weighted by Crippen LogP contribution is 2.22. The highest BCUT2D eigenvalue weighted by Gasteiger charge is 2.18. The number of carbonyl (C=O) groups is 1. The second-order valence-electron chi connectivity index (χ2n) is 6.82. The molecule has 0 N–H and O–H groups in total. The number of hydrogen-bond acceptors (Lipinski definition) is 4. The van der Waals surface area contributed by atoms with Crippen LogP contribution < -0.4 is 4.74 Å². The van der Waals surface area contributed by atoms with Crippen molar-refractivity contribution in [1.82, 2.24) is 4.31 Å². The van der Waals surface area contributed by atoms with Crippen LogP contribution in [-0.2, 0) is 16.6 Å². The van der Waals surface area contributed by atoms with Crippen molar-refractivity contribution in [3.05, 3.63) is 102 Å². The molecule has 30 heavy (non-hydrogen) atoms. The van der Waals surface area contributed by atoms with Crippen molar-refractivity contribution in [1.29, 1.82) is 0 Å². The molecule has 0 radical (unpaired) electrons. The number of allylic oxidation sites excluding steroid dienone is 1. The quantitative estimate of drug-likeness (QED) is 0.399. The third-order valence-corrected chi connectivity index (χ3v) is 6.28. The number of sulfonamides is 1. The molecule has 5 nitrogen and oxygen atoms in total. The lowest BCUT2D eigenvalue weighted by atomic mass is 10.1. The Balaban J connectivity index is 1.77. The molecule has 0 atom stereocenters. The van der Waals surface area contributed by atoms with Crippen molar-refractivity contribution in [3.63, 3.8) is 0 Å². The van der Waals surface area contributed by atoms with Gasteiger partial charge in [-0.05, 0) is 35.9 Å². The molecule has 0 amide bonds. The van der Waals surface area contributed by atoms with Crippen molar-refractivity contribution in [2.45, 2.75) is 11.5 Å². The molecular formula is C24H23NO4S. The molecule has 0 spiro atoms. The zero-order chi connectivity index (χ0) is 21.6. The van der Waals surface area contributed by atoms with Crippen LogP contribution >= 0.6 is 0 Å². The molecule has 0 unspecified atom stereocenters. The second kappa shape index (κ2) is 9.52. The summed E-state index contributed by atoms with van der Waals surface area (Å²) in [6.45, 7) is 0.421. The van der Waals surface area contributed by atoms with Crippen LogP contribution in [0.15, 0.2) is 89.8 Å². The molecule has 0 heterocycles. The van der Waals surface area contributed by atoms with Gasteiger partial charge >= 0.3 is 0 Å². The summed E-state index contributed by atoms with van der Waals surface area (Å²) in [5.41, 5.74) is 2.11. The van der Waals surface area contributed by atoms with Gasteiger partial charge in [-0.15, -0.1) is 0 Å². The van der Waals surface area contributed by atoms with E-state index < -0.39 is 10.0 Å². The molecule has 3 aromatic rings. The van der Waals surface area contributed by atoms with Gasteiger partial charge in [0, 0.05) is 25.2 Å². The molecule has 0 aliphatic heterocycles. The summed E-state index contributed by atoms with van der Waals surface area (Å²) in [6.07, 6.45) is 3.10. The molecule has 6 heteroatoms. The maximum Gasteiger partial charge on any atom is 0.242 e. The first-order chi connectivity index (χ1) is 14.4. The summed E-state index contributed by atoms with van der Waals surface area (Å²) < 4.78 is 31.6. The Morgan fingerprint density at radius 3 is 2.37 bits per heavy atom. The Kier molecular flexibility index (Phi) is 6.82. The summed E-state index contributed by atoms with van der Waals surface area (Å²) in [6, 6.07) is 23.3. The number of nitrogens with zero attached hydrogens (tertiary/aromatic N) is 1.